The van der Waals surface area contributed by atoms with Gasteiger partial charge >= 0.3 is 6.09 Å². The molecule has 2 rings (SSSR count). The Labute approximate surface area is 124 Å². The van der Waals surface area contributed by atoms with Crippen molar-refractivity contribution in [1.29, 1.82) is 0 Å². The number of amides is 1. The minimum Gasteiger partial charge on any atom is -0.474 e. The fourth-order valence-electron chi connectivity index (χ4n) is 2.21. The van der Waals surface area contributed by atoms with Crippen molar-refractivity contribution in [3.05, 3.63) is 23.9 Å². The quantitative estimate of drug-likeness (QED) is 0.871. The monoisotopic (exact) mass is 296 g/mol. The zero-order valence-corrected chi connectivity index (χ0v) is 12.7. The van der Waals surface area contributed by atoms with Crippen LogP contribution in [0.25, 0.3) is 0 Å². The van der Waals surface area contributed by atoms with E-state index in [1.807, 2.05) is 19.1 Å². The van der Waals surface area contributed by atoms with Crippen LogP contribution in [-0.4, -0.2) is 42.3 Å². The fourth-order valence-corrected chi connectivity index (χ4v) is 2.37. The summed E-state index contributed by atoms with van der Waals surface area (Å²) in [7, 11) is 1.40. The molecule has 1 aliphatic rings. The van der Waals surface area contributed by atoms with Gasteiger partial charge in [0.1, 0.15) is 6.10 Å². The van der Waals surface area contributed by atoms with Crippen LogP contribution in [0.3, 0.4) is 0 Å². The van der Waals surface area contributed by atoms with Gasteiger partial charge in [-0.25, -0.2) is 9.78 Å². The summed E-state index contributed by atoms with van der Waals surface area (Å²) in [6.07, 6.45) is 3.14. The average Bonchev–Trinajstić information content (AvgIpc) is 2.47. The summed E-state index contributed by atoms with van der Waals surface area (Å²) in [6.45, 7) is 3.32. The molecule has 1 saturated heterocycles. The lowest BCUT2D eigenvalue weighted by Crippen LogP contribution is -2.41. The summed E-state index contributed by atoms with van der Waals surface area (Å²) in [6, 6.07) is 3.86. The molecule has 0 saturated carbocycles. The molecule has 2 heterocycles. The smallest absolute Gasteiger partial charge is 0.409 e. The van der Waals surface area contributed by atoms with Gasteiger partial charge in [-0.3, -0.25) is 0 Å². The summed E-state index contributed by atoms with van der Waals surface area (Å²) in [5, 5.41) is 0.154. The van der Waals surface area contributed by atoms with Crippen LogP contribution in [0.1, 0.15) is 30.6 Å². The van der Waals surface area contributed by atoms with Gasteiger partial charge in [-0.05, 0) is 18.6 Å². The van der Waals surface area contributed by atoms with Crippen LogP contribution >= 0.6 is 12.6 Å². The molecular formula is C14H20N2O3S. The van der Waals surface area contributed by atoms with E-state index >= 15 is 0 Å². The van der Waals surface area contributed by atoms with E-state index < -0.39 is 0 Å². The van der Waals surface area contributed by atoms with E-state index in [4.69, 9.17) is 9.47 Å². The number of piperidine rings is 1. The highest BCUT2D eigenvalue weighted by atomic mass is 32.1. The molecule has 0 aliphatic carbocycles. The number of carbonyl (C=O) groups is 1. The van der Waals surface area contributed by atoms with E-state index in [9.17, 15) is 4.79 Å². The van der Waals surface area contributed by atoms with E-state index in [-0.39, 0.29) is 17.4 Å². The Bertz CT molecular complexity index is 459. The molecule has 0 radical (unpaired) electrons. The number of hydrogen-bond donors (Lipinski definition) is 1. The molecule has 1 unspecified atom stereocenters. The van der Waals surface area contributed by atoms with E-state index in [1.165, 1.54) is 7.11 Å². The third kappa shape index (κ3) is 3.79. The molecule has 1 atom stereocenters. The summed E-state index contributed by atoms with van der Waals surface area (Å²) >= 11 is 4.40. The Kier molecular flexibility index (Phi) is 5.11. The summed E-state index contributed by atoms with van der Waals surface area (Å²) in [4.78, 5) is 17.3. The molecule has 0 N–H and O–H groups in total. The number of carbonyl (C=O) groups excluding carboxylic acids is 1. The molecule has 0 spiro atoms. The van der Waals surface area contributed by atoms with Crippen LogP contribution in [0.15, 0.2) is 18.3 Å². The molecule has 5 nitrogen and oxygen atoms in total. The first-order valence-electron chi connectivity index (χ1n) is 6.73. The molecule has 110 valence electrons. The van der Waals surface area contributed by atoms with Crippen molar-refractivity contribution in [1.82, 2.24) is 9.88 Å². The number of methoxy groups -OCH3 is 1. The van der Waals surface area contributed by atoms with Crippen molar-refractivity contribution >= 4 is 18.7 Å². The van der Waals surface area contributed by atoms with Gasteiger partial charge in [0, 0.05) is 43.4 Å². The Balaban J connectivity index is 1.89. The Morgan fingerprint density at radius 2 is 2.20 bits per heavy atom. The molecule has 6 heteroatoms. The number of ether oxygens (including phenoxy) is 2. The molecular weight excluding hydrogens is 276 g/mol. The second-order valence-electron chi connectivity index (χ2n) is 4.88. The molecule has 1 amide bonds. The number of hydrogen-bond acceptors (Lipinski definition) is 5. The topological polar surface area (TPSA) is 51.7 Å². The largest absolute Gasteiger partial charge is 0.474 e. The lowest BCUT2D eigenvalue weighted by atomic mass is 10.1. The first-order valence-corrected chi connectivity index (χ1v) is 7.25. The van der Waals surface area contributed by atoms with Gasteiger partial charge in [-0.1, -0.05) is 0 Å². The molecule has 1 aromatic heterocycles. The second-order valence-corrected chi connectivity index (χ2v) is 5.65. The first kappa shape index (κ1) is 15.0. The molecule has 20 heavy (non-hydrogen) atoms. The SMILES string of the molecule is COC(=O)N1CCC(Oc2cc(C(C)S)ccn2)CC1. The van der Waals surface area contributed by atoms with E-state index in [2.05, 4.69) is 17.6 Å². The van der Waals surface area contributed by atoms with E-state index in [0.717, 1.165) is 18.4 Å². The van der Waals surface area contributed by atoms with Crippen molar-refractivity contribution < 1.29 is 14.3 Å². The maximum Gasteiger partial charge on any atom is 0.409 e. The average molecular weight is 296 g/mol. The van der Waals surface area contributed by atoms with Crippen molar-refractivity contribution in [3.63, 3.8) is 0 Å². The van der Waals surface area contributed by atoms with E-state index in [0.29, 0.717) is 19.0 Å². The maximum absolute atomic E-state index is 11.4. The minimum atomic E-state index is -0.271. The Morgan fingerprint density at radius 1 is 1.50 bits per heavy atom. The van der Waals surface area contributed by atoms with Gasteiger partial charge in [0.25, 0.3) is 0 Å². The number of aromatic nitrogens is 1. The van der Waals surface area contributed by atoms with Gasteiger partial charge in [0.2, 0.25) is 5.88 Å². The number of nitrogens with zero attached hydrogens (tertiary/aromatic N) is 2. The Morgan fingerprint density at radius 3 is 2.80 bits per heavy atom. The maximum atomic E-state index is 11.4. The third-order valence-corrected chi connectivity index (χ3v) is 3.70. The zero-order valence-electron chi connectivity index (χ0n) is 11.8. The van der Waals surface area contributed by atoms with Crippen molar-refractivity contribution in [2.45, 2.75) is 31.1 Å². The lowest BCUT2D eigenvalue weighted by Gasteiger charge is -2.30. The minimum absolute atomic E-state index is 0.0916. The van der Waals surface area contributed by atoms with Crippen molar-refractivity contribution in [2.24, 2.45) is 0 Å². The molecule has 1 aliphatic heterocycles. The lowest BCUT2D eigenvalue weighted by molar-refractivity contribution is 0.0772. The molecule has 1 fully saturated rings. The zero-order chi connectivity index (χ0) is 14.5. The number of likely N-dealkylation sites (tertiary alicyclic amines) is 1. The number of thiol groups is 1. The van der Waals surface area contributed by atoms with Gasteiger partial charge in [0.15, 0.2) is 0 Å². The fraction of sp³-hybridized carbons (Fsp3) is 0.571. The van der Waals surface area contributed by atoms with Crippen molar-refractivity contribution in [3.8, 4) is 5.88 Å². The van der Waals surface area contributed by atoms with Gasteiger partial charge in [-0.2, -0.15) is 12.6 Å². The summed E-state index contributed by atoms with van der Waals surface area (Å²) in [5.41, 5.74) is 1.09. The standard InChI is InChI=1S/C14H20N2O3S/c1-10(20)11-3-6-15-13(9-11)19-12-4-7-16(8-5-12)14(17)18-2/h3,6,9-10,12,20H,4-5,7-8H2,1-2H3. The predicted octanol–water partition coefficient (Wildman–Crippen LogP) is 2.68. The molecule has 0 bridgehead atoms. The summed E-state index contributed by atoms with van der Waals surface area (Å²) < 4.78 is 10.6. The predicted molar refractivity (Wildman–Crippen MR) is 79.3 cm³/mol. The Hall–Kier alpha value is -1.43. The normalized spacial score (nSPS) is 17.6. The van der Waals surface area contributed by atoms with Gasteiger partial charge in [-0.15, -0.1) is 0 Å². The van der Waals surface area contributed by atoms with Gasteiger partial charge < -0.3 is 14.4 Å². The third-order valence-electron chi connectivity index (χ3n) is 3.40. The van der Waals surface area contributed by atoms with Crippen LogP contribution in [-0.2, 0) is 4.74 Å². The molecule has 0 aromatic carbocycles. The number of pyridine rings is 1. The number of rotatable bonds is 3. The molecule has 1 aromatic rings. The van der Waals surface area contributed by atoms with Crippen LogP contribution in [0.5, 0.6) is 5.88 Å². The first-order chi connectivity index (χ1) is 9.60. The second kappa shape index (κ2) is 6.83. The van der Waals surface area contributed by atoms with Crippen molar-refractivity contribution in [2.75, 3.05) is 20.2 Å². The van der Waals surface area contributed by atoms with E-state index in [1.54, 1.807) is 11.1 Å². The summed E-state index contributed by atoms with van der Waals surface area (Å²) in [5.74, 6) is 0.625. The van der Waals surface area contributed by atoms with Gasteiger partial charge in [0.05, 0.1) is 7.11 Å². The highest BCUT2D eigenvalue weighted by Gasteiger charge is 2.24. The highest BCUT2D eigenvalue weighted by Crippen LogP contribution is 2.23. The highest BCUT2D eigenvalue weighted by molar-refractivity contribution is 7.80. The van der Waals surface area contributed by atoms with Crippen LogP contribution < -0.4 is 4.74 Å². The van der Waals surface area contributed by atoms with Crippen LogP contribution in [0.4, 0.5) is 4.79 Å². The van der Waals surface area contributed by atoms with Crippen LogP contribution in [0, 0.1) is 0 Å². The van der Waals surface area contributed by atoms with Crippen LogP contribution in [0.2, 0.25) is 0 Å².